The largest absolute Gasteiger partial charge is 0.492 e. The number of hydrogen-bond acceptors (Lipinski definition) is 6. The molecule has 0 aromatic heterocycles. The number of rotatable bonds is 5. The van der Waals surface area contributed by atoms with Crippen LogP contribution in [0.15, 0.2) is 18.2 Å². The highest BCUT2D eigenvalue weighted by molar-refractivity contribution is 6.05. The molecule has 28 heavy (non-hydrogen) atoms. The van der Waals surface area contributed by atoms with Gasteiger partial charge in [0, 0.05) is 25.1 Å². The maximum Gasteiger partial charge on any atom is 0.255 e. The molecule has 2 saturated heterocycles. The van der Waals surface area contributed by atoms with Crippen LogP contribution in [0.5, 0.6) is 5.75 Å². The molecule has 0 bridgehead atoms. The third-order valence-corrected chi connectivity index (χ3v) is 5.69. The van der Waals surface area contributed by atoms with E-state index in [-0.39, 0.29) is 24.3 Å². The number of piperidine rings is 1. The van der Waals surface area contributed by atoms with E-state index >= 15 is 0 Å². The topological polar surface area (TPSA) is 88.2 Å². The van der Waals surface area contributed by atoms with Crippen LogP contribution in [0.1, 0.15) is 35.7 Å². The number of benzene rings is 1. The fourth-order valence-corrected chi connectivity index (χ4v) is 4.09. The summed E-state index contributed by atoms with van der Waals surface area (Å²) < 4.78 is 11.5. The number of amides is 3. The van der Waals surface area contributed by atoms with E-state index in [4.69, 9.17) is 9.47 Å². The van der Waals surface area contributed by atoms with Gasteiger partial charge < -0.3 is 14.4 Å². The Bertz CT molecular complexity index is 796. The van der Waals surface area contributed by atoms with Crippen LogP contribution >= 0.6 is 0 Å². The van der Waals surface area contributed by atoms with Crippen LogP contribution in [0.2, 0.25) is 0 Å². The lowest BCUT2D eigenvalue weighted by atomic mass is 10.0. The summed E-state index contributed by atoms with van der Waals surface area (Å²) in [6.07, 6.45) is 0.616. The van der Waals surface area contributed by atoms with Crippen molar-refractivity contribution in [2.75, 3.05) is 32.9 Å². The number of carbonyl (C=O) groups excluding carboxylic acids is 3. The van der Waals surface area contributed by atoms with Gasteiger partial charge in [0.05, 0.1) is 19.3 Å². The molecule has 3 heterocycles. The van der Waals surface area contributed by atoms with Crippen LogP contribution in [0.4, 0.5) is 0 Å². The van der Waals surface area contributed by atoms with E-state index in [9.17, 15) is 14.4 Å². The number of imide groups is 1. The summed E-state index contributed by atoms with van der Waals surface area (Å²) in [5.41, 5.74) is 1.44. The summed E-state index contributed by atoms with van der Waals surface area (Å²) in [6, 6.07) is 5.05. The van der Waals surface area contributed by atoms with E-state index in [0.717, 1.165) is 25.3 Å². The normalized spacial score (nSPS) is 25.6. The molecular weight excluding hydrogens is 362 g/mol. The van der Waals surface area contributed by atoms with Gasteiger partial charge in [0.15, 0.2) is 0 Å². The summed E-state index contributed by atoms with van der Waals surface area (Å²) >= 11 is 0. The van der Waals surface area contributed by atoms with Gasteiger partial charge in [-0.15, -0.1) is 0 Å². The van der Waals surface area contributed by atoms with E-state index < -0.39 is 11.9 Å². The first kappa shape index (κ1) is 18.9. The molecule has 3 aliphatic rings. The van der Waals surface area contributed by atoms with Gasteiger partial charge in [-0.1, -0.05) is 6.92 Å². The second kappa shape index (κ2) is 7.89. The number of nitrogens with one attached hydrogen (secondary N) is 1. The lowest BCUT2D eigenvalue weighted by Gasteiger charge is -2.34. The Balaban J connectivity index is 1.42. The van der Waals surface area contributed by atoms with Crippen LogP contribution < -0.4 is 10.1 Å². The average Bonchev–Trinajstić information content (AvgIpc) is 3.02. The van der Waals surface area contributed by atoms with Gasteiger partial charge in [0.25, 0.3) is 5.91 Å². The van der Waals surface area contributed by atoms with Crippen LogP contribution in [-0.4, -0.2) is 72.5 Å². The van der Waals surface area contributed by atoms with Gasteiger partial charge in [0.1, 0.15) is 18.4 Å². The molecule has 1 unspecified atom stereocenters. The predicted molar refractivity (Wildman–Crippen MR) is 99.8 cm³/mol. The summed E-state index contributed by atoms with van der Waals surface area (Å²) in [7, 11) is 0. The highest BCUT2D eigenvalue weighted by Crippen LogP contribution is 2.30. The average molecular weight is 387 g/mol. The molecule has 3 aliphatic heterocycles. The summed E-state index contributed by atoms with van der Waals surface area (Å²) in [5, 5.41) is 2.32. The van der Waals surface area contributed by atoms with Crippen molar-refractivity contribution >= 4 is 17.7 Å². The molecule has 8 heteroatoms. The third kappa shape index (κ3) is 3.62. The van der Waals surface area contributed by atoms with Crippen LogP contribution in [0.3, 0.4) is 0 Å². The van der Waals surface area contributed by atoms with Gasteiger partial charge in [-0.25, -0.2) is 0 Å². The van der Waals surface area contributed by atoms with E-state index in [1.807, 2.05) is 6.07 Å². The molecule has 0 radical (unpaired) electrons. The molecule has 1 aromatic carbocycles. The molecule has 2 fully saturated rings. The van der Waals surface area contributed by atoms with Crippen molar-refractivity contribution in [1.82, 2.24) is 15.1 Å². The molecule has 2 atom stereocenters. The first-order valence-corrected chi connectivity index (χ1v) is 9.79. The smallest absolute Gasteiger partial charge is 0.255 e. The highest BCUT2D eigenvalue weighted by Gasteiger charge is 2.39. The molecule has 1 N–H and O–H groups in total. The number of hydrogen-bond donors (Lipinski definition) is 1. The van der Waals surface area contributed by atoms with Crippen molar-refractivity contribution < 1.29 is 23.9 Å². The van der Waals surface area contributed by atoms with Crippen LogP contribution in [0.25, 0.3) is 0 Å². The maximum absolute atomic E-state index is 12.7. The summed E-state index contributed by atoms with van der Waals surface area (Å²) in [5.74, 6) is -0.146. The maximum atomic E-state index is 12.7. The molecule has 150 valence electrons. The predicted octanol–water partition coefficient (Wildman–Crippen LogP) is 0.547. The Morgan fingerprint density at radius 2 is 2.14 bits per heavy atom. The molecule has 0 aliphatic carbocycles. The molecule has 8 nitrogen and oxygen atoms in total. The second-order valence-corrected chi connectivity index (χ2v) is 7.39. The van der Waals surface area contributed by atoms with E-state index in [1.165, 1.54) is 0 Å². The zero-order valence-corrected chi connectivity index (χ0v) is 16.0. The van der Waals surface area contributed by atoms with E-state index in [1.54, 1.807) is 17.0 Å². The SMILES string of the molecule is CCN1CCOC[C@H]1COc1ccc2c(c1)CN(C1CCC(=O)NC1=O)C2=O. The molecule has 0 saturated carbocycles. The minimum absolute atomic E-state index is 0.172. The van der Waals surface area contributed by atoms with Crippen molar-refractivity contribution in [2.24, 2.45) is 0 Å². The highest BCUT2D eigenvalue weighted by atomic mass is 16.5. The van der Waals surface area contributed by atoms with E-state index in [2.05, 4.69) is 17.1 Å². The fraction of sp³-hybridized carbons (Fsp3) is 0.550. The molecule has 3 amide bonds. The lowest BCUT2D eigenvalue weighted by molar-refractivity contribution is -0.136. The monoisotopic (exact) mass is 387 g/mol. The first-order valence-electron chi connectivity index (χ1n) is 9.79. The molecule has 0 spiro atoms. The standard InChI is InChI=1S/C20H25N3O5/c1-2-22-7-8-27-11-14(22)12-28-15-3-4-16-13(9-15)10-23(20(16)26)17-5-6-18(24)21-19(17)25/h3-4,9,14,17H,2,5-8,10-12H2,1H3,(H,21,24,25)/t14-,17?/m0/s1. The van der Waals surface area contributed by atoms with E-state index in [0.29, 0.717) is 37.5 Å². The Kier molecular flexibility index (Phi) is 5.32. The quantitative estimate of drug-likeness (QED) is 0.743. The second-order valence-electron chi connectivity index (χ2n) is 7.39. The molecule has 4 rings (SSSR count). The van der Waals surface area contributed by atoms with Crippen molar-refractivity contribution in [1.29, 1.82) is 0 Å². The van der Waals surface area contributed by atoms with Gasteiger partial charge in [-0.3, -0.25) is 24.6 Å². The number of nitrogens with zero attached hydrogens (tertiary/aromatic N) is 2. The molecule has 1 aromatic rings. The zero-order chi connectivity index (χ0) is 19.7. The summed E-state index contributed by atoms with van der Waals surface area (Å²) in [4.78, 5) is 40.1. The van der Waals surface area contributed by atoms with Crippen LogP contribution in [-0.2, 0) is 20.9 Å². The number of morpholine rings is 1. The van der Waals surface area contributed by atoms with Gasteiger partial charge in [-0.2, -0.15) is 0 Å². The van der Waals surface area contributed by atoms with Gasteiger partial charge in [-0.05, 0) is 36.7 Å². The number of likely N-dealkylation sites (N-methyl/N-ethyl adjacent to an activating group) is 1. The van der Waals surface area contributed by atoms with Crippen molar-refractivity contribution in [3.05, 3.63) is 29.3 Å². The lowest BCUT2D eigenvalue weighted by Crippen LogP contribution is -2.52. The Morgan fingerprint density at radius 3 is 2.93 bits per heavy atom. The third-order valence-electron chi connectivity index (χ3n) is 5.69. The van der Waals surface area contributed by atoms with Crippen molar-refractivity contribution in [3.63, 3.8) is 0 Å². The number of ether oxygens (including phenoxy) is 2. The van der Waals surface area contributed by atoms with Gasteiger partial charge >= 0.3 is 0 Å². The fourth-order valence-electron chi connectivity index (χ4n) is 4.09. The zero-order valence-electron chi connectivity index (χ0n) is 16.0. The minimum atomic E-state index is -0.598. The Hall–Kier alpha value is -2.45. The van der Waals surface area contributed by atoms with Gasteiger partial charge in [0.2, 0.25) is 11.8 Å². The van der Waals surface area contributed by atoms with Crippen molar-refractivity contribution in [2.45, 2.75) is 38.4 Å². The number of fused-ring (bicyclic) bond motifs is 1. The Morgan fingerprint density at radius 1 is 1.29 bits per heavy atom. The van der Waals surface area contributed by atoms with Crippen LogP contribution in [0, 0.1) is 0 Å². The molecular formula is C20H25N3O5. The minimum Gasteiger partial charge on any atom is -0.492 e. The Labute approximate surface area is 163 Å². The first-order chi connectivity index (χ1) is 13.6. The van der Waals surface area contributed by atoms with Crippen molar-refractivity contribution in [3.8, 4) is 5.75 Å². The summed E-state index contributed by atoms with van der Waals surface area (Å²) in [6.45, 7) is 6.27. The number of carbonyl (C=O) groups is 3.